The molecule has 0 bridgehead atoms. The Labute approximate surface area is 221 Å². The van der Waals surface area contributed by atoms with E-state index in [2.05, 4.69) is 25.8 Å². The topological polar surface area (TPSA) is 73.7 Å². The van der Waals surface area contributed by atoms with Crippen LogP contribution in [0, 0.1) is 52.3 Å². The summed E-state index contributed by atoms with van der Waals surface area (Å²) in [5, 5.41) is 21.8. The molecule has 204 valence electrons. The number of anilines is 1. The van der Waals surface area contributed by atoms with Crippen molar-refractivity contribution in [1.82, 2.24) is 4.98 Å². The first-order chi connectivity index (χ1) is 17.6. The molecule has 6 rings (SSSR count). The van der Waals surface area contributed by atoms with Crippen molar-refractivity contribution in [1.29, 1.82) is 0 Å². The number of aromatic nitrogens is 1. The zero-order valence-electron chi connectivity index (χ0n) is 22.8. The second-order valence-corrected chi connectivity index (χ2v) is 13.9. The Hall–Kier alpha value is -1.53. The Morgan fingerprint density at radius 2 is 1.86 bits per heavy atom. The highest BCUT2D eigenvalue weighted by Gasteiger charge is 2.62. The number of rotatable bonds is 4. The van der Waals surface area contributed by atoms with E-state index in [1.165, 1.54) is 31.7 Å². The minimum absolute atomic E-state index is 0.128. The molecule has 1 amide bonds. The molecule has 0 aromatic carbocycles. The molecular formula is C31H45FN2O3. The van der Waals surface area contributed by atoms with Crippen molar-refractivity contribution in [3.63, 3.8) is 0 Å². The molecule has 1 aromatic rings. The van der Waals surface area contributed by atoms with Crippen molar-refractivity contribution in [2.75, 3.05) is 11.4 Å². The van der Waals surface area contributed by atoms with Gasteiger partial charge < -0.3 is 15.1 Å². The molecule has 1 aliphatic heterocycles. The molecule has 37 heavy (non-hydrogen) atoms. The van der Waals surface area contributed by atoms with E-state index in [0.29, 0.717) is 60.6 Å². The lowest BCUT2D eigenvalue weighted by molar-refractivity contribution is -0.174. The lowest BCUT2D eigenvalue weighted by Crippen LogP contribution is -2.58. The van der Waals surface area contributed by atoms with Crippen LogP contribution in [0.3, 0.4) is 0 Å². The quantitative estimate of drug-likeness (QED) is 0.521. The van der Waals surface area contributed by atoms with Crippen LogP contribution < -0.4 is 4.90 Å². The first-order valence-corrected chi connectivity index (χ1v) is 14.9. The van der Waals surface area contributed by atoms with Crippen LogP contribution in [0.25, 0.3) is 0 Å². The third-order valence-electron chi connectivity index (χ3n) is 12.3. The largest absolute Gasteiger partial charge is 0.393 e. The van der Waals surface area contributed by atoms with E-state index in [1.54, 1.807) is 11.0 Å². The summed E-state index contributed by atoms with van der Waals surface area (Å²) in [6.07, 6.45) is 10.1. The predicted octanol–water partition coefficient (Wildman–Crippen LogP) is 5.52. The Bertz CT molecular complexity index is 1050. The van der Waals surface area contributed by atoms with E-state index < -0.39 is 5.95 Å². The van der Waals surface area contributed by atoms with Crippen LogP contribution in [0.2, 0.25) is 0 Å². The van der Waals surface area contributed by atoms with Crippen molar-refractivity contribution in [2.45, 2.75) is 104 Å². The highest BCUT2D eigenvalue weighted by atomic mass is 19.1. The molecule has 4 saturated carbocycles. The van der Waals surface area contributed by atoms with E-state index in [0.717, 1.165) is 37.8 Å². The summed E-state index contributed by atoms with van der Waals surface area (Å²) in [7, 11) is 0. The average Bonchev–Trinajstić information content (AvgIpc) is 3.44. The minimum Gasteiger partial charge on any atom is -0.393 e. The molecule has 6 heteroatoms. The summed E-state index contributed by atoms with van der Waals surface area (Å²) in [5.74, 6) is 2.63. The summed E-state index contributed by atoms with van der Waals surface area (Å²) in [4.78, 5) is 18.9. The van der Waals surface area contributed by atoms with Gasteiger partial charge in [0.05, 0.1) is 23.6 Å². The van der Waals surface area contributed by atoms with E-state index >= 15 is 0 Å². The number of carbonyl (C=O) groups excluding carboxylic acids is 1. The number of pyridine rings is 1. The molecule has 5 nitrogen and oxygen atoms in total. The molecule has 4 fully saturated rings. The average molecular weight is 513 g/mol. The third-order valence-corrected chi connectivity index (χ3v) is 12.3. The van der Waals surface area contributed by atoms with Gasteiger partial charge in [0, 0.05) is 19.4 Å². The van der Waals surface area contributed by atoms with Gasteiger partial charge in [-0.05, 0) is 116 Å². The van der Waals surface area contributed by atoms with Crippen molar-refractivity contribution in [2.24, 2.45) is 46.3 Å². The van der Waals surface area contributed by atoms with Crippen LogP contribution in [0.5, 0.6) is 0 Å². The predicted molar refractivity (Wildman–Crippen MR) is 141 cm³/mol. The van der Waals surface area contributed by atoms with Gasteiger partial charge >= 0.3 is 0 Å². The summed E-state index contributed by atoms with van der Waals surface area (Å²) in [6.45, 7) is 7.90. The Kier molecular flexibility index (Phi) is 6.46. The standard InChI is InChI=1S/C31H45FN2O3/c1-18(4-9-28(37)34-15-12-24-25(34)7-8-27(32)33-24)21-5-6-22-29-23(11-14-31(21,22)3)30(2)13-10-20(35)16-19(30)17-26(29)36/h7-8,18-23,26,29,35-36H,4-6,9-17H2,1-3H3/t18-,19+,20-,21-,22+,23+,26-,29+,30+,31-/m1/s1. The molecule has 4 aliphatic carbocycles. The molecule has 5 aliphatic rings. The maximum atomic E-state index is 13.5. The van der Waals surface area contributed by atoms with Crippen LogP contribution in [0.4, 0.5) is 10.1 Å². The number of aliphatic hydroxyl groups is 2. The lowest BCUT2D eigenvalue weighted by atomic mass is 9.43. The van der Waals surface area contributed by atoms with E-state index in [-0.39, 0.29) is 28.9 Å². The summed E-state index contributed by atoms with van der Waals surface area (Å²) in [6, 6.07) is 3.04. The molecule has 0 unspecified atom stereocenters. The molecule has 0 saturated heterocycles. The second-order valence-electron chi connectivity index (χ2n) is 13.9. The number of amides is 1. The number of aliphatic hydroxyl groups excluding tert-OH is 2. The van der Waals surface area contributed by atoms with Crippen LogP contribution >= 0.6 is 0 Å². The fraction of sp³-hybridized carbons (Fsp3) is 0.806. The van der Waals surface area contributed by atoms with Gasteiger partial charge in [0.1, 0.15) is 0 Å². The number of carbonyl (C=O) groups is 1. The van der Waals surface area contributed by atoms with Gasteiger partial charge in [-0.25, -0.2) is 4.98 Å². The maximum absolute atomic E-state index is 13.5. The number of hydrogen-bond donors (Lipinski definition) is 2. The Balaban J connectivity index is 1.13. The van der Waals surface area contributed by atoms with Crippen LogP contribution in [0.1, 0.15) is 90.7 Å². The molecule has 0 spiro atoms. The first kappa shape index (κ1) is 25.7. The van der Waals surface area contributed by atoms with E-state index in [9.17, 15) is 19.4 Å². The summed E-state index contributed by atoms with van der Waals surface area (Å²) >= 11 is 0. The van der Waals surface area contributed by atoms with Crippen molar-refractivity contribution in [3.05, 3.63) is 23.8 Å². The molecule has 1 aromatic heterocycles. The van der Waals surface area contributed by atoms with Crippen LogP contribution in [-0.2, 0) is 11.2 Å². The number of halogens is 1. The fourth-order valence-corrected chi connectivity index (χ4v) is 10.4. The van der Waals surface area contributed by atoms with Gasteiger partial charge in [-0.1, -0.05) is 20.8 Å². The van der Waals surface area contributed by atoms with Gasteiger partial charge in [0.2, 0.25) is 11.9 Å². The second kappa shape index (κ2) is 9.29. The van der Waals surface area contributed by atoms with Gasteiger partial charge in [-0.2, -0.15) is 4.39 Å². The zero-order chi connectivity index (χ0) is 26.1. The number of fused-ring (bicyclic) bond motifs is 6. The normalized spacial score (nSPS) is 43.5. The highest BCUT2D eigenvalue weighted by Crippen LogP contribution is 2.68. The maximum Gasteiger partial charge on any atom is 0.227 e. The molecule has 2 heterocycles. The van der Waals surface area contributed by atoms with E-state index in [4.69, 9.17) is 0 Å². The highest BCUT2D eigenvalue weighted by molar-refractivity contribution is 5.95. The summed E-state index contributed by atoms with van der Waals surface area (Å²) < 4.78 is 13.5. The summed E-state index contributed by atoms with van der Waals surface area (Å²) in [5.41, 5.74) is 1.95. The lowest BCUT2D eigenvalue weighted by Gasteiger charge is -2.62. The van der Waals surface area contributed by atoms with Gasteiger partial charge in [-0.15, -0.1) is 0 Å². The molecular weight excluding hydrogens is 467 g/mol. The van der Waals surface area contributed by atoms with Gasteiger partial charge in [-0.3, -0.25) is 4.79 Å². The molecule has 0 radical (unpaired) electrons. The van der Waals surface area contributed by atoms with Crippen molar-refractivity contribution in [3.8, 4) is 0 Å². The van der Waals surface area contributed by atoms with Gasteiger partial charge in [0.15, 0.2) is 0 Å². The van der Waals surface area contributed by atoms with Gasteiger partial charge in [0.25, 0.3) is 0 Å². The fourth-order valence-electron chi connectivity index (χ4n) is 10.4. The van der Waals surface area contributed by atoms with Crippen molar-refractivity contribution < 1.29 is 19.4 Å². The Morgan fingerprint density at radius 3 is 2.68 bits per heavy atom. The first-order valence-electron chi connectivity index (χ1n) is 14.9. The minimum atomic E-state index is -0.478. The van der Waals surface area contributed by atoms with Crippen LogP contribution in [0.15, 0.2) is 12.1 Å². The van der Waals surface area contributed by atoms with Crippen LogP contribution in [-0.4, -0.2) is 39.9 Å². The molecule has 2 N–H and O–H groups in total. The number of hydrogen-bond acceptors (Lipinski definition) is 4. The van der Waals surface area contributed by atoms with E-state index in [1.807, 2.05) is 0 Å². The zero-order valence-corrected chi connectivity index (χ0v) is 22.8. The molecule has 10 atom stereocenters. The SMILES string of the molecule is C[C@H](CCC(=O)N1CCc2nc(F)ccc21)[C@H]1CC[C@H]2[C@@H]3[C@H](O)C[C@@H]4C[C@H](O)CC[C@]4(C)[C@H]3CC[C@]12C. The van der Waals surface area contributed by atoms with Crippen molar-refractivity contribution >= 4 is 11.6 Å². The third kappa shape index (κ3) is 4.07. The monoisotopic (exact) mass is 512 g/mol. The number of nitrogens with zero attached hydrogens (tertiary/aromatic N) is 2. The smallest absolute Gasteiger partial charge is 0.227 e. The Morgan fingerprint density at radius 1 is 1.11 bits per heavy atom.